The molecule has 1 aromatic carbocycles. The summed E-state index contributed by atoms with van der Waals surface area (Å²) in [5, 5.41) is 9.17. The molecule has 0 saturated heterocycles. The molecule has 0 N–H and O–H groups in total. The van der Waals surface area contributed by atoms with Crippen molar-refractivity contribution in [1.82, 2.24) is 0 Å². The number of thiophene rings is 1. The lowest BCUT2D eigenvalue weighted by atomic mass is 10.0. The number of halogens is 1. The highest BCUT2D eigenvalue weighted by Crippen LogP contribution is 2.26. The van der Waals surface area contributed by atoms with Crippen molar-refractivity contribution in [3.05, 3.63) is 56.7 Å². The molecule has 2 rings (SSSR count). The van der Waals surface area contributed by atoms with Gasteiger partial charge in [0.2, 0.25) is 0 Å². The van der Waals surface area contributed by atoms with Gasteiger partial charge in [0.05, 0.1) is 16.0 Å². The number of nitrogens with zero attached hydrogens (tertiary/aromatic N) is 1. The molecule has 0 aliphatic heterocycles. The topological polar surface area (TPSA) is 23.8 Å². The van der Waals surface area contributed by atoms with Gasteiger partial charge in [0, 0.05) is 4.88 Å². The van der Waals surface area contributed by atoms with Crippen LogP contribution in [0.4, 0.5) is 0 Å². The van der Waals surface area contributed by atoms with Crippen LogP contribution in [0.1, 0.15) is 16.0 Å². The molecule has 3 heteroatoms. The molecular weight excluding hydrogens is 250 g/mol. The van der Waals surface area contributed by atoms with Crippen LogP contribution in [0.5, 0.6) is 0 Å². The molecule has 0 fully saturated rings. The molecule has 0 aliphatic rings. The summed E-state index contributed by atoms with van der Waals surface area (Å²) in [5.74, 6) is 0. The van der Waals surface area contributed by atoms with E-state index in [1.165, 1.54) is 16.9 Å². The van der Waals surface area contributed by atoms with Gasteiger partial charge in [0.25, 0.3) is 0 Å². The Balaban J connectivity index is 2.37. The Labute approximate surface area is 110 Å². The van der Waals surface area contributed by atoms with Crippen LogP contribution in [-0.2, 0) is 0 Å². The highest BCUT2D eigenvalue weighted by molar-refractivity contribution is 7.17. The Morgan fingerprint density at radius 2 is 1.94 bits per heavy atom. The van der Waals surface area contributed by atoms with Gasteiger partial charge in [-0.2, -0.15) is 5.26 Å². The summed E-state index contributed by atoms with van der Waals surface area (Å²) >= 11 is 7.33. The van der Waals surface area contributed by atoms with Gasteiger partial charge in [-0.05, 0) is 30.7 Å². The first-order valence-corrected chi connectivity index (χ1v) is 6.32. The smallest absolute Gasteiger partial charge is 0.0998 e. The maximum Gasteiger partial charge on any atom is 0.0998 e. The Bertz CT molecular complexity index is 587. The summed E-state index contributed by atoms with van der Waals surface area (Å²) < 4.78 is 0.734. The lowest BCUT2D eigenvalue weighted by Gasteiger charge is -1.99. The van der Waals surface area contributed by atoms with E-state index >= 15 is 0 Å². The molecule has 1 nitrogen and oxygen atoms in total. The van der Waals surface area contributed by atoms with E-state index in [4.69, 9.17) is 11.6 Å². The second-order valence-corrected chi connectivity index (χ2v) is 5.42. The van der Waals surface area contributed by atoms with Gasteiger partial charge in [0.1, 0.15) is 0 Å². The van der Waals surface area contributed by atoms with E-state index in [9.17, 15) is 5.26 Å². The summed E-state index contributed by atoms with van der Waals surface area (Å²) in [5.41, 5.74) is 2.77. The Morgan fingerprint density at radius 3 is 2.47 bits per heavy atom. The summed E-state index contributed by atoms with van der Waals surface area (Å²) in [4.78, 5) is 0.993. The molecule has 0 saturated carbocycles. The van der Waals surface area contributed by atoms with Crippen molar-refractivity contribution < 1.29 is 0 Å². The molecule has 17 heavy (non-hydrogen) atoms. The number of hydrogen-bond donors (Lipinski definition) is 0. The lowest BCUT2D eigenvalue weighted by Crippen LogP contribution is -1.81. The van der Waals surface area contributed by atoms with Gasteiger partial charge in [-0.25, -0.2) is 0 Å². The van der Waals surface area contributed by atoms with E-state index in [-0.39, 0.29) is 0 Å². The number of nitriles is 1. The van der Waals surface area contributed by atoms with Crippen LogP contribution in [0.3, 0.4) is 0 Å². The van der Waals surface area contributed by atoms with Crippen LogP contribution in [0.2, 0.25) is 4.34 Å². The first kappa shape index (κ1) is 11.9. The molecule has 2 aromatic rings. The van der Waals surface area contributed by atoms with Crippen molar-refractivity contribution in [3.8, 4) is 6.07 Å². The van der Waals surface area contributed by atoms with Gasteiger partial charge >= 0.3 is 0 Å². The van der Waals surface area contributed by atoms with E-state index in [1.54, 1.807) is 0 Å². The normalized spacial score (nSPS) is 11.2. The molecule has 0 radical (unpaired) electrons. The lowest BCUT2D eigenvalue weighted by molar-refractivity contribution is 1.45. The summed E-state index contributed by atoms with van der Waals surface area (Å²) in [6.45, 7) is 2.03. The Hall–Kier alpha value is -1.56. The largest absolute Gasteiger partial charge is 0.192 e. The molecule has 0 atom stereocenters. The molecule has 84 valence electrons. The van der Waals surface area contributed by atoms with Crippen molar-refractivity contribution in [2.45, 2.75) is 6.92 Å². The minimum Gasteiger partial charge on any atom is -0.192 e. The summed E-state index contributed by atoms with van der Waals surface area (Å²) in [6.07, 6.45) is 1.86. The third-order valence-corrected chi connectivity index (χ3v) is 3.54. The van der Waals surface area contributed by atoms with Gasteiger partial charge in [-0.1, -0.05) is 41.4 Å². The molecule has 0 unspecified atom stereocenters. The van der Waals surface area contributed by atoms with E-state index < -0.39 is 0 Å². The van der Waals surface area contributed by atoms with Crippen molar-refractivity contribution in [1.29, 1.82) is 5.26 Å². The highest BCUT2D eigenvalue weighted by atomic mass is 35.5. The van der Waals surface area contributed by atoms with Gasteiger partial charge in [-0.3, -0.25) is 0 Å². The average molecular weight is 260 g/mol. The average Bonchev–Trinajstić information content (AvgIpc) is 2.73. The Morgan fingerprint density at radius 1 is 1.24 bits per heavy atom. The van der Waals surface area contributed by atoms with Crippen LogP contribution >= 0.6 is 22.9 Å². The van der Waals surface area contributed by atoms with Crippen molar-refractivity contribution in [2.24, 2.45) is 0 Å². The first-order valence-electron chi connectivity index (χ1n) is 5.13. The molecule has 1 aromatic heterocycles. The fourth-order valence-electron chi connectivity index (χ4n) is 1.46. The molecule has 1 heterocycles. The van der Waals surface area contributed by atoms with Crippen LogP contribution in [0.25, 0.3) is 11.6 Å². The van der Waals surface area contributed by atoms with E-state index in [1.807, 2.05) is 49.4 Å². The highest BCUT2D eigenvalue weighted by Gasteiger charge is 2.02. The number of allylic oxidation sites excluding steroid dienone is 1. The van der Waals surface area contributed by atoms with E-state index in [0.29, 0.717) is 5.57 Å². The zero-order chi connectivity index (χ0) is 12.3. The van der Waals surface area contributed by atoms with Crippen molar-refractivity contribution >= 4 is 34.6 Å². The molecule has 0 amide bonds. The maximum atomic E-state index is 9.17. The van der Waals surface area contributed by atoms with Gasteiger partial charge in [-0.15, -0.1) is 11.3 Å². The molecule has 0 spiro atoms. The molecule has 0 aliphatic carbocycles. The molecule has 0 bridgehead atoms. The fourth-order valence-corrected chi connectivity index (χ4v) is 2.47. The standard InChI is InChI=1S/C14H10ClNS/c1-10-2-4-11(5-3-10)12(9-16)8-13-6-7-14(15)17-13/h2-8H,1H3. The third-order valence-electron chi connectivity index (χ3n) is 2.36. The van der Waals surface area contributed by atoms with Crippen LogP contribution in [0, 0.1) is 18.3 Å². The van der Waals surface area contributed by atoms with Crippen molar-refractivity contribution in [3.63, 3.8) is 0 Å². The predicted molar refractivity (Wildman–Crippen MR) is 74.0 cm³/mol. The van der Waals surface area contributed by atoms with Crippen LogP contribution in [0.15, 0.2) is 36.4 Å². The fraction of sp³-hybridized carbons (Fsp3) is 0.0714. The second kappa shape index (κ2) is 5.18. The zero-order valence-electron chi connectivity index (χ0n) is 9.27. The van der Waals surface area contributed by atoms with E-state index in [0.717, 1.165) is 14.8 Å². The zero-order valence-corrected chi connectivity index (χ0v) is 10.8. The monoisotopic (exact) mass is 259 g/mol. The maximum absolute atomic E-state index is 9.17. The minimum absolute atomic E-state index is 0.656. The quantitative estimate of drug-likeness (QED) is 0.713. The minimum atomic E-state index is 0.656. The number of benzene rings is 1. The SMILES string of the molecule is Cc1ccc(C(C#N)=Cc2ccc(Cl)s2)cc1. The predicted octanol–water partition coefficient (Wildman–Crippen LogP) is 4.77. The number of hydrogen-bond acceptors (Lipinski definition) is 2. The van der Waals surface area contributed by atoms with Crippen LogP contribution < -0.4 is 0 Å². The number of rotatable bonds is 2. The molecular formula is C14H10ClNS. The summed E-state index contributed by atoms with van der Waals surface area (Å²) in [7, 11) is 0. The number of aryl methyl sites for hydroxylation is 1. The van der Waals surface area contributed by atoms with Gasteiger partial charge < -0.3 is 0 Å². The van der Waals surface area contributed by atoms with Gasteiger partial charge in [0.15, 0.2) is 0 Å². The first-order chi connectivity index (χ1) is 8.19. The second-order valence-electron chi connectivity index (χ2n) is 3.68. The van der Waals surface area contributed by atoms with Crippen molar-refractivity contribution in [2.75, 3.05) is 0 Å². The van der Waals surface area contributed by atoms with Crippen LogP contribution in [-0.4, -0.2) is 0 Å². The Kier molecular flexibility index (Phi) is 3.63. The van der Waals surface area contributed by atoms with E-state index in [2.05, 4.69) is 6.07 Å². The third kappa shape index (κ3) is 2.97. The summed E-state index contributed by atoms with van der Waals surface area (Å²) in [6, 6.07) is 13.9.